The van der Waals surface area contributed by atoms with Gasteiger partial charge in [-0.15, -0.1) is 11.3 Å². The van der Waals surface area contributed by atoms with Crippen LogP contribution in [0.15, 0.2) is 59.9 Å². The van der Waals surface area contributed by atoms with E-state index in [1.165, 1.54) is 28.4 Å². The molecule has 0 fully saturated rings. The zero-order valence-corrected chi connectivity index (χ0v) is 17.9. The third kappa shape index (κ3) is 3.55. The van der Waals surface area contributed by atoms with Crippen molar-refractivity contribution in [1.82, 2.24) is 4.98 Å². The van der Waals surface area contributed by atoms with Crippen molar-refractivity contribution in [3.05, 3.63) is 81.0 Å². The standard InChI is InChI=1S/C23H20N2O5S/c1-12-22(31-13(2)24-12)20(27)18-19(14-4-8-16(26)9-5-14)25(23(29)21(18)28)15-6-10-17(30-3)11-7-15/h4-11,19,26,28H,1-3H3. The van der Waals surface area contributed by atoms with E-state index in [0.717, 1.165) is 5.01 Å². The molecule has 158 valence electrons. The van der Waals surface area contributed by atoms with Crippen LogP contribution in [0, 0.1) is 13.8 Å². The Hall–Kier alpha value is -3.65. The van der Waals surface area contributed by atoms with Gasteiger partial charge in [-0.25, -0.2) is 4.98 Å². The number of phenolic OH excluding ortho intramolecular Hbond substituents is 1. The number of Topliss-reactive ketones (excluding diaryl/α,β-unsaturated/α-hetero) is 1. The number of aryl methyl sites for hydroxylation is 2. The van der Waals surface area contributed by atoms with Crippen LogP contribution in [0.2, 0.25) is 0 Å². The Kier molecular flexibility index (Phi) is 5.24. The molecule has 1 aromatic heterocycles. The SMILES string of the molecule is COc1ccc(N2C(=O)C(O)=C(C(=O)c3sc(C)nc3C)C2c2ccc(O)cc2)cc1. The molecule has 2 heterocycles. The molecule has 2 N–H and O–H groups in total. The van der Waals surface area contributed by atoms with E-state index >= 15 is 0 Å². The number of aromatic nitrogens is 1. The molecule has 7 nitrogen and oxygen atoms in total. The predicted molar refractivity (Wildman–Crippen MR) is 117 cm³/mol. The van der Waals surface area contributed by atoms with Gasteiger partial charge in [0.1, 0.15) is 11.5 Å². The Morgan fingerprint density at radius 1 is 1.06 bits per heavy atom. The number of aromatic hydroxyl groups is 1. The van der Waals surface area contributed by atoms with Gasteiger partial charge >= 0.3 is 0 Å². The van der Waals surface area contributed by atoms with Crippen LogP contribution in [0.1, 0.15) is 32.0 Å². The number of hydrogen-bond acceptors (Lipinski definition) is 7. The molecule has 1 atom stereocenters. The minimum absolute atomic E-state index is 0.0155. The summed E-state index contributed by atoms with van der Waals surface area (Å²) in [4.78, 5) is 32.6. The minimum atomic E-state index is -0.865. The van der Waals surface area contributed by atoms with Crippen molar-refractivity contribution in [3.8, 4) is 11.5 Å². The Bertz CT molecular complexity index is 1200. The van der Waals surface area contributed by atoms with Crippen molar-refractivity contribution in [3.63, 3.8) is 0 Å². The maximum Gasteiger partial charge on any atom is 0.294 e. The lowest BCUT2D eigenvalue weighted by Gasteiger charge is -2.27. The summed E-state index contributed by atoms with van der Waals surface area (Å²) in [6.45, 7) is 3.52. The van der Waals surface area contributed by atoms with E-state index in [4.69, 9.17) is 4.74 Å². The molecule has 31 heavy (non-hydrogen) atoms. The van der Waals surface area contributed by atoms with E-state index in [9.17, 15) is 19.8 Å². The van der Waals surface area contributed by atoms with Gasteiger partial charge in [0.2, 0.25) is 5.78 Å². The fraction of sp³-hybridized carbons (Fsp3) is 0.174. The van der Waals surface area contributed by atoms with Crippen LogP contribution in [-0.2, 0) is 4.79 Å². The number of rotatable bonds is 5. The zero-order chi connectivity index (χ0) is 22.3. The average Bonchev–Trinajstić information content (AvgIpc) is 3.24. The predicted octanol–water partition coefficient (Wildman–Crippen LogP) is 4.26. The first-order chi connectivity index (χ1) is 14.8. The summed E-state index contributed by atoms with van der Waals surface area (Å²) in [6.07, 6.45) is 0. The smallest absolute Gasteiger partial charge is 0.294 e. The van der Waals surface area contributed by atoms with Gasteiger partial charge in [0.15, 0.2) is 5.76 Å². The fourth-order valence-electron chi connectivity index (χ4n) is 3.68. The Labute approximate surface area is 182 Å². The molecule has 0 spiro atoms. The first kappa shape index (κ1) is 20.6. The molecule has 1 amide bonds. The zero-order valence-electron chi connectivity index (χ0n) is 17.1. The number of carbonyl (C=O) groups is 2. The number of phenols is 1. The van der Waals surface area contributed by atoms with Gasteiger partial charge in [-0.3, -0.25) is 14.5 Å². The van der Waals surface area contributed by atoms with Crippen LogP contribution in [0.5, 0.6) is 11.5 Å². The number of ether oxygens (including phenoxy) is 1. The molecule has 1 aliphatic heterocycles. The first-order valence-corrected chi connectivity index (χ1v) is 10.3. The lowest BCUT2D eigenvalue weighted by atomic mass is 9.94. The van der Waals surface area contributed by atoms with E-state index in [-0.39, 0.29) is 11.3 Å². The van der Waals surface area contributed by atoms with E-state index < -0.39 is 23.5 Å². The van der Waals surface area contributed by atoms with Crippen molar-refractivity contribution >= 4 is 28.7 Å². The van der Waals surface area contributed by atoms with E-state index in [1.54, 1.807) is 57.4 Å². The van der Waals surface area contributed by atoms with Crippen LogP contribution in [0.25, 0.3) is 0 Å². The summed E-state index contributed by atoms with van der Waals surface area (Å²) < 4.78 is 5.19. The number of hydrogen-bond donors (Lipinski definition) is 2. The topological polar surface area (TPSA) is 100.0 Å². The average molecular weight is 436 g/mol. The highest BCUT2D eigenvalue weighted by molar-refractivity contribution is 7.14. The van der Waals surface area contributed by atoms with Gasteiger partial charge in [-0.1, -0.05) is 12.1 Å². The fourth-order valence-corrected chi connectivity index (χ4v) is 4.56. The molecule has 0 radical (unpaired) electrons. The second kappa shape index (κ2) is 7.88. The van der Waals surface area contributed by atoms with E-state index in [2.05, 4.69) is 4.98 Å². The van der Waals surface area contributed by atoms with Crippen LogP contribution >= 0.6 is 11.3 Å². The van der Waals surface area contributed by atoms with Gasteiger partial charge in [-0.2, -0.15) is 0 Å². The summed E-state index contributed by atoms with van der Waals surface area (Å²) in [7, 11) is 1.54. The number of aliphatic hydroxyl groups excluding tert-OH is 1. The molecule has 2 aromatic carbocycles. The number of amides is 1. The molecule has 1 aliphatic rings. The first-order valence-electron chi connectivity index (χ1n) is 9.50. The lowest BCUT2D eigenvalue weighted by molar-refractivity contribution is -0.117. The molecule has 0 saturated carbocycles. The largest absolute Gasteiger partial charge is 0.508 e. The van der Waals surface area contributed by atoms with Crippen LogP contribution in [0.4, 0.5) is 5.69 Å². The molecule has 3 aromatic rings. The van der Waals surface area contributed by atoms with Gasteiger partial charge in [0, 0.05) is 5.69 Å². The monoisotopic (exact) mass is 436 g/mol. The van der Waals surface area contributed by atoms with E-state index in [1.807, 2.05) is 0 Å². The van der Waals surface area contributed by atoms with Crippen LogP contribution in [0.3, 0.4) is 0 Å². The molecule has 1 unspecified atom stereocenters. The quantitative estimate of drug-likeness (QED) is 0.580. The number of methoxy groups -OCH3 is 1. The van der Waals surface area contributed by atoms with Gasteiger partial charge in [0.05, 0.1) is 34.3 Å². The van der Waals surface area contributed by atoms with Crippen molar-refractivity contribution in [1.29, 1.82) is 0 Å². The highest BCUT2D eigenvalue weighted by Gasteiger charge is 2.45. The highest BCUT2D eigenvalue weighted by Crippen LogP contribution is 2.43. The normalized spacial score (nSPS) is 16.2. The number of nitrogens with zero attached hydrogens (tertiary/aromatic N) is 2. The third-order valence-corrected chi connectivity index (χ3v) is 6.19. The number of benzene rings is 2. The third-order valence-electron chi connectivity index (χ3n) is 5.12. The minimum Gasteiger partial charge on any atom is -0.508 e. The number of thiazole rings is 1. The summed E-state index contributed by atoms with van der Waals surface area (Å²) in [6, 6.07) is 12.1. The van der Waals surface area contributed by atoms with Crippen molar-refractivity contribution < 1.29 is 24.5 Å². The van der Waals surface area contributed by atoms with Gasteiger partial charge in [-0.05, 0) is 55.8 Å². The van der Waals surface area contributed by atoms with Gasteiger partial charge < -0.3 is 14.9 Å². The summed E-state index contributed by atoms with van der Waals surface area (Å²) in [5.41, 5.74) is 1.61. The maximum atomic E-state index is 13.5. The highest BCUT2D eigenvalue weighted by atomic mass is 32.1. The number of ketones is 1. The van der Waals surface area contributed by atoms with E-state index in [0.29, 0.717) is 27.6 Å². The maximum absolute atomic E-state index is 13.5. The lowest BCUT2D eigenvalue weighted by Crippen LogP contribution is -2.31. The Morgan fingerprint density at radius 3 is 2.26 bits per heavy atom. The number of aliphatic hydroxyl groups is 1. The molecule has 0 saturated heterocycles. The molecule has 8 heteroatoms. The van der Waals surface area contributed by atoms with Gasteiger partial charge in [0.25, 0.3) is 5.91 Å². The summed E-state index contributed by atoms with van der Waals surface area (Å²) in [5.74, 6) is -1.04. The summed E-state index contributed by atoms with van der Waals surface area (Å²) >= 11 is 1.22. The van der Waals surface area contributed by atoms with Crippen LogP contribution in [-0.4, -0.2) is 34.0 Å². The number of anilines is 1. The Balaban J connectivity index is 1.87. The molecule has 0 aliphatic carbocycles. The van der Waals surface area contributed by atoms with Crippen molar-refractivity contribution in [2.75, 3.05) is 12.0 Å². The van der Waals surface area contributed by atoms with Crippen molar-refractivity contribution in [2.24, 2.45) is 0 Å². The Morgan fingerprint density at radius 2 is 1.71 bits per heavy atom. The van der Waals surface area contributed by atoms with Crippen LogP contribution < -0.4 is 9.64 Å². The van der Waals surface area contributed by atoms with Crippen molar-refractivity contribution in [2.45, 2.75) is 19.9 Å². The summed E-state index contributed by atoms with van der Waals surface area (Å²) in [5, 5.41) is 21.2. The second-order valence-electron chi connectivity index (χ2n) is 7.11. The molecular formula is C23H20N2O5S. The molecule has 0 bridgehead atoms. The second-order valence-corrected chi connectivity index (χ2v) is 8.31. The molecular weight excluding hydrogens is 416 g/mol. The number of carbonyl (C=O) groups excluding carboxylic acids is 2. The molecule has 4 rings (SSSR count).